The number of benzene rings is 3. The number of carbonyl (C=O) groups excluding carboxylic acids is 1. The number of rotatable bonds is 8. The maximum atomic E-state index is 13.1. The van der Waals surface area contributed by atoms with Crippen LogP contribution in [0.1, 0.15) is 16.7 Å². The molecule has 0 atom stereocenters. The highest BCUT2D eigenvalue weighted by Gasteiger charge is 2.09. The van der Waals surface area contributed by atoms with Gasteiger partial charge in [-0.1, -0.05) is 30.3 Å². The number of hydrogen-bond acceptors (Lipinski definition) is 5. The molecule has 0 aliphatic heterocycles. The van der Waals surface area contributed by atoms with E-state index in [4.69, 9.17) is 9.47 Å². The molecule has 0 bridgehead atoms. The highest BCUT2D eigenvalue weighted by Crippen LogP contribution is 2.30. The Balaban J connectivity index is 1.38. The van der Waals surface area contributed by atoms with Gasteiger partial charge < -0.3 is 9.47 Å². The maximum Gasteiger partial charge on any atom is 0.250 e. The van der Waals surface area contributed by atoms with Gasteiger partial charge >= 0.3 is 0 Å². The zero-order chi connectivity index (χ0) is 23.9. The molecule has 0 spiro atoms. The molecule has 0 aliphatic rings. The summed E-state index contributed by atoms with van der Waals surface area (Å²) in [6.07, 6.45) is 3.12. The lowest BCUT2D eigenvalue weighted by atomic mass is 10.1. The van der Waals surface area contributed by atoms with Crippen molar-refractivity contribution >= 4 is 28.5 Å². The number of thiazole rings is 1. The minimum Gasteiger partial charge on any atom is -0.493 e. The lowest BCUT2D eigenvalue weighted by molar-refractivity contribution is -0.111. The van der Waals surface area contributed by atoms with Gasteiger partial charge in [0.2, 0.25) is 5.91 Å². The first-order chi connectivity index (χ1) is 16.5. The first-order valence-corrected chi connectivity index (χ1v) is 11.5. The van der Waals surface area contributed by atoms with Crippen LogP contribution in [0.2, 0.25) is 0 Å². The summed E-state index contributed by atoms with van der Waals surface area (Å²) in [7, 11) is 1.58. The Kier molecular flexibility index (Phi) is 7.34. The van der Waals surface area contributed by atoms with Crippen LogP contribution in [0.15, 0.2) is 78.2 Å². The smallest absolute Gasteiger partial charge is 0.250 e. The summed E-state index contributed by atoms with van der Waals surface area (Å²) in [5.41, 5.74) is 4.52. The van der Waals surface area contributed by atoms with E-state index in [-0.39, 0.29) is 11.7 Å². The van der Waals surface area contributed by atoms with Crippen LogP contribution in [0.4, 0.5) is 9.52 Å². The molecule has 0 unspecified atom stereocenters. The van der Waals surface area contributed by atoms with Crippen LogP contribution in [-0.4, -0.2) is 18.0 Å². The fourth-order valence-corrected chi connectivity index (χ4v) is 3.96. The molecular weight excluding hydrogens is 451 g/mol. The van der Waals surface area contributed by atoms with E-state index in [0.717, 1.165) is 22.3 Å². The topological polar surface area (TPSA) is 60.5 Å². The van der Waals surface area contributed by atoms with Crippen molar-refractivity contribution in [1.82, 2.24) is 4.98 Å². The summed E-state index contributed by atoms with van der Waals surface area (Å²) in [4.78, 5) is 16.7. The fourth-order valence-electron chi connectivity index (χ4n) is 3.24. The first-order valence-electron chi connectivity index (χ1n) is 10.6. The van der Waals surface area contributed by atoms with Gasteiger partial charge in [0.05, 0.1) is 12.8 Å². The van der Waals surface area contributed by atoms with Gasteiger partial charge in [-0.2, -0.15) is 0 Å². The molecular formula is C27H23FN2O3S. The summed E-state index contributed by atoms with van der Waals surface area (Å²) in [5, 5.41) is 5.03. The van der Waals surface area contributed by atoms with Gasteiger partial charge in [0, 0.05) is 17.0 Å². The predicted molar refractivity (Wildman–Crippen MR) is 134 cm³/mol. The van der Waals surface area contributed by atoms with Crippen LogP contribution < -0.4 is 14.8 Å². The van der Waals surface area contributed by atoms with Crippen molar-refractivity contribution in [2.24, 2.45) is 0 Å². The summed E-state index contributed by atoms with van der Waals surface area (Å²) in [6, 6.07) is 19.6. The number of aryl methyl sites for hydroxylation is 1. The van der Waals surface area contributed by atoms with Crippen LogP contribution in [0.25, 0.3) is 17.3 Å². The number of halogens is 1. The zero-order valence-electron chi connectivity index (χ0n) is 18.7. The Bertz CT molecular complexity index is 1320. The summed E-state index contributed by atoms with van der Waals surface area (Å²) in [5.74, 6) is 0.600. The van der Waals surface area contributed by atoms with E-state index in [2.05, 4.69) is 10.3 Å². The second-order valence-electron chi connectivity index (χ2n) is 7.49. The molecule has 7 heteroatoms. The summed E-state index contributed by atoms with van der Waals surface area (Å²) >= 11 is 1.30. The van der Waals surface area contributed by atoms with Crippen LogP contribution in [-0.2, 0) is 11.4 Å². The Morgan fingerprint density at radius 2 is 1.88 bits per heavy atom. The third-order valence-electron chi connectivity index (χ3n) is 5.13. The van der Waals surface area contributed by atoms with Crippen molar-refractivity contribution in [3.63, 3.8) is 0 Å². The predicted octanol–water partition coefficient (Wildman–Crippen LogP) is 6.50. The van der Waals surface area contributed by atoms with Crippen molar-refractivity contribution < 1.29 is 18.7 Å². The number of nitrogens with one attached hydrogen (secondary N) is 1. The number of carbonyl (C=O) groups is 1. The quantitative estimate of drug-likeness (QED) is 0.296. The second-order valence-corrected chi connectivity index (χ2v) is 8.35. The van der Waals surface area contributed by atoms with Crippen molar-refractivity contribution in [2.45, 2.75) is 13.5 Å². The van der Waals surface area contributed by atoms with Crippen molar-refractivity contribution in [1.29, 1.82) is 0 Å². The number of nitrogens with zero attached hydrogens (tertiary/aromatic N) is 1. The van der Waals surface area contributed by atoms with Crippen LogP contribution >= 0.6 is 11.3 Å². The Hall–Kier alpha value is -3.97. The third-order valence-corrected chi connectivity index (χ3v) is 5.89. The average molecular weight is 475 g/mol. The van der Waals surface area contributed by atoms with Crippen molar-refractivity contribution in [3.8, 4) is 22.8 Å². The van der Waals surface area contributed by atoms with Gasteiger partial charge in [-0.15, -0.1) is 11.3 Å². The number of hydrogen-bond donors (Lipinski definition) is 1. The summed E-state index contributed by atoms with van der Waals surface area (Å²) < 4.78 is 24.5. The Labute approximate surface area is 201 Å². The fraction of sp³-hybridized carbons (Fsp3) is 0.111. The highest BCUT2D eigenvalue weighted by molar-refractivity contribution is 7.14. The number of methoxy groups -OCH3 is 1. The average Bonchev–Trinajstić information content (AvgIpc) is 3.31. The Morgan fingerprint density at radius 1 is 1.09 bits per heavy atom. The van der Waals surface area contributed by atoms with E-state index in [1.807, 2.05) is 54.8 Å². The molecule has 1 aromatic heterocycles. The summed E-state index contributed by atoms with van der Waals surface area (Å²) in [6.45, 7) is 2.48. The molecule has 4 rings (SSSR count). The van der Waals surface area contributed by atoms with Gasteiger partial charge in [0.15, 0.2) is 16.6 Å². The van der Waals surface area contributed by atoms with Crippen LogP contribution in [0, 0.1) is 12.7 Å². The van der Waals surface area contributed by atoms with E-state index < -0.39 is 0 Å². The monoisotopic (exact) mass is 474 g/mol. The number of aromatic nitrogens is 1. The highest BCUT2D eigenvalue weighted by atomic mass is 32.1. The molecule has 0 saturated carbocycles. The van der Waals surface area contributed by atoms with Gasteiger partial charge in [0.25, 0.3) is 0 Å². The minimum atomic E-state index is -0.307. The number of ether oxygens (including phenoxy) is 2. The molecule has 1 N–H and O–H groups in total. The lowest BCUT2D eigenvalue weighted by Gasteiger charge is -2.12. The lowest BCUT2D eigenvalue weighted by Crippen LogP contribution is -2.07. The van der Waals surface area contributed by atoms with Gasteiger partial charge in [-0.25, -0.2) is 9.37 Å². The molecule has 4 aromatic rings. The van der Waals surface area contributed by atoms with Gasteiger partial charge in [-0.3, -0.25) is 10.1 Å². The largest absolute Gasteiger partial charge is 0.493 e. The molecule has 1 heterocycles. The van der Waals surface area contributed by atoms with E-state index in [9.17, 15) is 9.18 Å². The molecule has 0 saturated heterocycles. The van der Waals surface area contributed by atoms with Crippen molar-refractivity contribution in [3.05, 3.63) is 101 Å². The first kappa shape index (κ1) is 23.2. The SMILES string of the molecule is COc1cc(C=CC(=O)Nc2nc(-c3ccc(F)cc3)cs2)ccc1OCc1ccccc1C. The number of amides is 1. The van der Waals surface area contributed by atoms with E-state index in [1.54, 1.807) is 25.3 Å². The van der Waals surface area contributed by atoms with E-state index in [1.165, 1.54) is 29.5 Å². The molecule has 0 aliphatic carbocycles. The molecule has 172 valence electrons. The normalized spacial score (nSPS) is 10.9. The van der Waals surface area contributed by atoms with Gasteiger partial charge in [-0.05, 0) is 66.1 Å². The molecule has 3 aromatic carbocycles. The van der Waals surface area contributed by atoms with Crippen LogP contribution in [0.5, 0.6) is 11.5 Å². The molecule has 0 fully saturated rings. The van der Waals surface area contributed by atoms with Gasteiger partial charge in [0.1, 0.15) is 12.4 Å². The van der Waals surface area contributed by atoms with Crippen molar-refractivity contribution in [2.75, 3.05) is 12.4 Å². The molecule has 34 heavy (non-hydrogen) atoms. The van der Waals surface area contributed by atoms with Crippen LogP contribution in [0.3, 0.4) is 0 Å². The molecule has 5 nitrogen and oxygen atoms in total. The van der Waals surface area contributed by atoms with E-state index in [0.29, 0.717) is 28.9 Å². The molecule has 1 amide bonds. The maximum absolute atomic E-state index is 13.1. The molecule has 0 radical (unpaired) electrons. The zero-order valence-corrected chi connectivity index (χ0v) is 19.6. The Morgan fingerprint density at radius 3 is 2.65 bits per heavy atom. The van der Waals surface area contributed by atoms with E-state index >= 15 is 0 Å². The standard InChI is InChI=1S/C27H23FN2O3S/c1-18-5-3-4-6-21(18)16-33-24-13-7-19(15-25(24)32-2)8-14-26(31)30-27-29-23(17-34-27)20-9-11-22(28)12-10-20/h3-15,17H,16H2,1-2H3,(H,29,30,31). The third kappa shape index (κ3) is 5.88. The minimum absolute atomic E-state index is 0.305. The second kappa shape index (κ2) is 10.8. The number of anilines is 1.